The van der Waals surface area contributed by atoms with E-state index in [9.17, 15) is 14.4 Å². The molecule has 0 aromatic rings. The third-order valence-electron chi connectivity index (χ3n) is 2.87. The number of carbonyl (C=O) groups is 3. The summed E-state index contributed by atoms with van der Waals surface area (Å²) in [6, 6.07) is 0. The van der Waals surface area contributed by atoms with Crippen molar-refractivity contribution in [2.24, 2.45) is 0 Å². The van der Waals surface area contributed by atoms with Crippen molar-refractivity contribution in [2.75, 3.05) is 0 Å². The van der Waals surface area contributed by atoms with Gasteiger partial charge in [-0.15, -0.1) is 0 Å². The van der Waals surface area contributed by atoms with Crippen LogP contribution in [-0.2, 0) is 23.9 Å². The molecule has 0 aromatic carbocycles. The summed E-state index contributed by atoms with van der Waals surface area (Å²) in [4.78, 5) is 32.7. The molecule has 0 bridgehead atoms. The summed E-state index contributed by atoms with van der Waals surface area (Å²) in [5.74, 6) is -0.861. The van der Waals surface area contributed by atoms with Crippen molar-refractivity contribution in [3.63, 3.8) is 0 Å². The van der Waals surface area contributed by atoms with Crippen molar-refractivity contribution >= 4 is 18.2 Å². The summed E-state index contributed by atoms with van der Waals surface area (Å²) in [5.41, 5.74) is 2.64. The van der Waals surface area contributed by atoms with Crippen LogP contribution < -0.4 is 0 Å². The van der Waals surface area contributed by atoms with Crippen LogP contribution in [0.15, 0.2) is 47.5 Å². The van der Waals surface area contributed by atoms with Gasteiger partial charge in [0.1, 0.15) is 6.29 Å². The Kier molecular flexibility index (Phi) is 11.7. The number of hydrogen-bond donors (Lipinski definition) is 0. The molecule has 0 aromatic heterocycles. The van der Waals surface area contributed by atoms with Gasteiger partial charge in [0.15, 0.2) is 0 Å². The van der Waals surface area contributed by atoms with E-state index in [0.717, 1.165) is 18.3 Å². The van der Waals surface area contributed by atoms with Crippen molar-refractivity contribution in [1.82, 2.24) is 0 Å². The van der Waals surface area contributed by atoms with Gasteiger partial charge in [-0.3, -0.25) is 14.4 Å². The molecule has 0 atom stereocenters. The van der Waals surface area contributed by atoms with E-state index in [0.29, 0.717) is 24.8 Å². The Morgan fingerprint density at radius 2 is 1.42 bits per heavy atom. The van der Waals surface area contributed by atoms with Crippen molar-refractivity contribution in [3.05, 3.63) is 47.5 Å². The summed E-state index contributed by atoms with van der Waals surface area (Å²) in [6.07, 6.45) is 11.6. The Morgan fingerprint density at radius 3 is 1.96 bits per heavy atom. The Balaban J connectivity index is 4.68. The summed E-state index contributed by atoms with van der Waals surface area (Å²) in [5, 5.41) is 0. The Morgan fingerprint density at radius 1 is 0.833 bits per heavy atom. The minimum Gasteiger partial charge on any atom is -0.435 e. The SMILES string of the molecule is CC(=O)O/C=C/C(=C/OC(C)=O)CC/C=C(/C=O)CCC=C(C)C. The first-order chi connectivity index (χ1) is 11.3. The van der Waals surface area contributed by atoms with Crippen molar-refractivity contribution < 1.29 is 23.9 Å². The monoisotopic (exact) mass is 334 g/mol. The van der Waals surface area contributed by atoms with Crippen molar-refractivity contribution in [3.8, 4) is 0 Å². The maximum absolute atomic E-state index is 11.1. The van der Waals surface area contributed by atoms with E-state index < -0.39 is 11.9 Å². The van der Waals surface area contributed by atoms with Crippen LogP contribution in [0.25, 0.3) is 0 Å². The van der Waals surface area contributed by atoms with Crippen LogP contribution in [0.4, 0.5) is 0 Å². The van der Waals surface area contributed by atoms with Crippen LogP contribution in [-0.4, -0.2) is 18.2 Å². The second-order valence-electron chi connectivity index (χ2n) is 5.47. The van der Waals surface area contributed by atoms with Gasteiger partial charge in [0, 0.05) is 13.8 Å². The number of carbonyl (C=O) groups excluding carboxylic acids is 3. The molecule has 0 fully saturated rings. The third-order valence-corrected chi connectivity index (χ3v) is 2.87. The second-order valence-corrected chi connectivity index (χ2v) is 5.47. The number of esters is 2. The van der Waals surface area contributed by atoms with Gasteiger partial charge in [0.2, 0.25) is 0 Å². The van der Waals surface area contributed by atoms with Gasteiger partial charge in [-0.2, -0.15) is 0 Å². The Bertz CT molecular complexity index is 546. The zero-order valence-corrected chi connectivity index (χ0v) is 14.8. The lowest BCUT2D eigenvalue weighted by atomic mass is 10.1. The highest BCUT2D eigenvalue weighted by Crippen LogP contribution is 2.12. The van der Waals surface area contributed by atoms with Gasteiger partial charge in [-0.1, -0.05) is 17.7 Å². The fourth-order valence-electron chi connectivity index (χ4n) is 1.72. The molecule has 0 N–H and O–H groups in total. The summed E-state index contributed by atoms with van der Waals surface area (Å²) < 4.78 is 9.57. The lowest BCUT2D eigenvalue weighted by Gasteiger charge is -2.02. The zero-order valence-electron chi connectivity index (χ0n) is 14.8. The molecule has 24 heavy (non-hydrogen) atoms. The van der Waals surface area contributed by atoms with E-state index in [-0.39, 0.29) is 0 Å². The molecule has 0 aliphatic carbocycles. The second kappa shape index (κ2) is 13.0. The van der Waals surface area contributed by atoms with E-state index in [4.69, 9.17) is 9.47 Å². The minimum atomic E-state index is -0.431. The Hall–Kier alpha value is -2.43. The zero-order chi connectivity index (χ0) is 18.4. The van der Waals surface area contributed by atoms with E-state index in [1.807, 2.05) is 19.9 Å². The summed E-state index contributed by atoms with van der Waals surface area (Å²) in [7, 11) is 0. The van der Waals surface area contributed by atoms with Crippen LogP contribution in [0.3, 0.4) is 0 Å². The first kappa shape index (κ1) is 21.6. The molecular weight excluding hydrogens is 308 g/mol. The van der Waals surface area contributed by atoms with E-state index in [2.05, 4.69) is 6.08 Å². The molecule has 0 radical (unpaired) electrons. The van der Waals surface area contributed by atoms with Crippen LogP contribution in [0.1, 0.15) is 53.4 Å². The molecule has 0 saturated heterocycles. The summed E-state index contributed by atoms with van der Waals surface area (Å²) >= 11 is 0. The van der Waals surface area contributed by atoms with Crippen LogP contribution in [0, 0.1) is 0 Å². The van der Waals surface area contributed by atoms with Gasteiger partial charge < -0.3 is 9.47 Å². The molecule has 0 spiro atoms. The predicted octanol–water partition coefficient (Wildman–Crippen LogP) is 4.16. The number of allylic oxidation sites excluding steroid dienone is 6. The smallest absolute Gasteiger partial charge is 0.307 e. The number of ether oxygens (including phenoxy) is 2. The Labute approximate surface area is 143 Å². The normalized spacial score (nSPS) is 12.0. The molecule has 132 valence electrons. The lowest BCUT2D eigenvalue weighted by molar-refractivity contribution is -0.136. The van der Waals surface area contributed by atoms with Gasteiger partial charge in [0.25, 0.3) is 0 Å². The standard InChI is InChI=1S/C19H26O5/c1-15(2)7-5-8-18(13-20)9-6-10-19(14-24-17(4)22)11-12-23-16(3)21/h7,9,11-14H,5-6,8,10H2,1-4H3/b12-11+,18-9+,19-14+. The highest BCUT2D eigenvalue weighted by atomic mass is 16.5. The largest absolute Gasteiger partial charge is 0.435 e. The molecule has 5 nitrogen and oxygen atoms in total. The molecule has 0 aliphatic heterocycles. The number of rotatable bonds is 10. The van der Waals surface area contributed by atoms with Crippen molar-refractivity contribution in [1.29, 1.82) is 0 Å². The fourth-order valence-corrected chi connectivity index (χ4v) is 1.72. The maximum atomic E-state index is 11.1. The topological polar surface area (TPSA) is 69.7 Å². The summed E-state index contributed by atoms with van der Waals surface area (Å²) in [6.45, 7) is 6.64. The molecule has 0 saturated carbocycles. The predicted molar refractivity (Wildman–Crippen MR) is 92.8 cm³/mol. The van der Waals surface area contributed by atoms with Gasteiger partial charge in [-0.05, 0) is 56.8 Å². The molecule has 0 aliphatic rings. The quantitative estimate of drug-likeness (QED) is 0.150. The third kappa shape index (κ3) is 13.2. The molecule has 0 heterocycles. The maximum Gasteiger partial charge on any atom is 0.307 e. The van der Waals surface area contributed by atoms with E-state index >= 15 is 0 Å². The highest BCUT2D eigenvalue weighted by Gasteiger charge is 1.99. The number of hydrogen-bond acceptors (Lipinski definition) is 5. The molecule has 0 unspecified atom stereocenters. The van der Waals surface area contributed by atoms with E-state index in [1.54, 1.807) is 6.08 Å². The molecular formula is C19H26O5. The van der Waals surface area contributed by atoms with E-state index in [1.165, 1.54) is 31.9 Å². The highest BCUT2D eigenvalue weighted by molar-refractivity contribution is 5.73. The van der Waals surface area contributed by atoms with Crippen LogP contribution >= 0.6 is 0 Å². The fraction of sp³-hybridized carbons (Fsp3) is 0.421. The van der Waals surface area contributed by atoms with Crippen LogP contribution in [0.2, 0.25) is 0 Å². The van der Waals surface area contributed by atoms with Gasteiger partial charge in [-0.25, -0.2) is 0 Å². The average molecular weight is 334 g/mol. The van der Waals surface area contributed by atoms with Gasteiger partial charge in [0.05, 0.1) is 12.5 Å². The lowest BCUT2D eigenvalue weighted by Crippen LogP contribution is -1.94. The molecule has 0 rings (SSSR count). The molecule has 0 amide bonds. The van der Waals surface area contributed by atoms with Gasteiger partial charge >= 0.3 is 11.9 Å². The average Bonchev–Trinajstić information content (AvgIpc) is 2.49. The minimum absolute atomic E-state index is 0.430. The van der Waals surface area contributed by atoms with Crippen molar-refractivity contribution in [2.45, 2.75) is 53.4 Å². The first-order valence-electron chi connectivity index (χ1n) is 7.82. The molecule has 5 heteroatoms. The first-order valence-corrected chi connectivity index (χ1v) is 7.82. The van der Waals surface area contributed by atoms with Crippen LogP contribution in [0.5, 0.6) is 0 Å². The number of aldehydes is 1.